The van der Waals surface area contributed by atoms with Crippen molar-refractivity contribution in [1.29, 1.82) is 0 Å². The van der Waals surface area contributed by atoms with Gasteiger partial charge in [0.2, 0.25) is 0 Å². The fourth-order valence-corrected chi connectivity index (χ4v) is 4.53. The van der Waals surface area contributed by atoms with Crippen LogP contribution in [-0.2, 0) is 4.74 Å². The summed E-state index contributed by atoms with van der Waals surface area (Å²) in [6.07, 6.45) is 8.20. The summed E-state index contributed by atoms with van der Waals surface area (Å²) in [7, 11) is 4.42. The second kappa shape index (κ2) is 7.77. The van der Waals surface area contributed by atoms with Crippen LogP contribution < -0.4 is 5.32 Å². The Balaban J connectivity index is 1.86. The molecule has 0 amide bonds. The maximum absolute atomic E-state index is 5.62. The molecule has 1 saturated carbocycles. The predicted octanol–water partition coefficient (Wildman–Crippen LogP) is 2.76. The second-order valence-corrected chi connectivity index (χ2v) is 7.51. The molecule has 1 saturated heterocycles. The second-order valence-electron chi connectivity index (χ2n) is 7.51. The summed E-state index contributed by atoms with van der Waals surface area (Å²) in [4.78, 5) is 2.58. The molecule has 1 aliphatic heterocycles. The molecule has 118 valence electrons. The zero-order valence-electron chi connectivity index (χ0n) is 13.8. The van der Waals surface area contributed by atoms with Gasteiger partial charge in [0.05, 0.1) is 6.61 Å². The highest BCUT2D eigenvalue weighted by molar-refractivity contribution is 4.89. The molecular weight excluding hydrogens is 248 g/mol. The number of rotatable bonds is 6. The fourth-order valence-electron chi connectivity index (χ4n) is 4.53. The average molecular weight is 282 g/mol. The van der Waals surface area contributed by atoms with Gasteiger partial charge in [-0.25, -0.2) is 0 Å². The summed E-state index contributed by atoms with van der Waals surface area (Å²) in [5, 5.41) is 3.46. The zero-order chi connectivity index (χ0) is 14.4. The smallest absolute Gasteiger partial charge is 0.0506 e. The van der Waals surface area contributed by atoms with Crippen LogP contribution in [0.25, 0.3) is 0 Å². The minimum atomic E-state index is 0.497. The molecule has 1 heterocycles. The molecule has 2 fully saturated rings. The Morgan fingerprint density at radius 2 is 2.15 bits per heavy atom. The number of hydrogen-bond acceptors (Lipinski definition) is 3. The van der Waals surface area contributed by atoms with E-state index in [0.717, 1.165) is 25.0 Å². The van der Waals surface area contributed by atoms with Crippen molar-refractivity contribution in [1.82, 2.24) is 10.2 Å². The molecular formula is C17H34N2O. The number of nitrogens with zero attached hydrogens (tertiary/aromatic N) is 1. The van der Waals surface area contributed by atoms with E-state index in [0.29, 0.717) is 5.41 Å². The van der Waals surface area contributed by atoms with Gasteiger partial charge in [-0.15, -0.1) is 0 Å². The van der Waals surface area contributed by atoms with Crippen molar-refractivity contribution < 1.29 is 4.74 Å². The van der Waals surface area contributed by atoms with Crippen molar-refractivity contribution >= 4 is 0 Å². The zero-order valence-corrected chi connectivity index (χ0v) is 13.8. The first kappa shape index (κ1) is 16.3. The third kappa shape index (κ3) is 4.71. The van der Waals surface area contributed by atoms with Crippen molar-refractivity contribution in [2.24, 2.45) is 17.3 Å². The Morgan fingerprint density at radius 3 is 2.80 bits per heavy atom. The number of nitrogens with one attached hydrogen (secondary N) is 1. The van der Waals surface area contributed by atoms with Gasteiger partial charge in [0.25, 0.3) is 0 Å². The highest BCUT2D eigenvalue weighted by Crippen LogP contribution is 2.39. The molecule has 0 aromatic heterocycles. The maximum atomic E-state index is 5.62. The molecule has 20 heavy (non-hydrogen) atoms. The third-order valence-electron chi connectivity index (χ3n) is 5.17. The van der Waals surface area contributed by atoms with Crippen LogP contribution in [0.3, 0.4) is 0 Å². The minimum absolute atomic E-state index is 0.497. The lowest BCUT2D eigenvalue weighted by atomic mass is 9.69. The van der Waals surface area contributed by atoms with Crippen LogP contribution in [0.5, 0.6) is 0 Å². The number of ether oxygens (including phenoxy) is 1. The monoisotopic (exact) mass is 282 g/mol. The van der Waals surface area contributed by atoms with E-state index in [4.69, 9.17) is 4.74 Å². The van der Waals surface area contributed by atoms with Crippen LogP contribution in [0, 0.1) is 17.3 Å². The van der Waals surface area contributed by atoms with E-state index in [1.165, 1.54) is 58.2 Å². The molecule has 2 rings (SSSR count). The molecule has 0 aromatic rings. The van der Waals surface area contributed by atoms with Crippen LogP contribution in [-0.4, -0.2) is 51.8 Å². The lowest BCUT2D eigenvalue weighted by Crippen LogP contribution is -2.46. The minimum Gasteiger partial charge on any atom is -0.381 e. The van der Waals surface area contributed by atoms with E-state index in [2.05, 4.69) is 31.2 Å². The van der Waals surface area contributed by atoms with Crippen LogP contribution in [0.2, 0.25) is 0 Å². The Morgan fingerprint density at radius 1 is 1.30 bits per heavy atom. The van der Waals surface area contributed by atoms with Gasteiger partial charge in [-0.3, -0.25) is 0 Å². The Kier molecular flexibility index (Phi) is 6.31. The molecule has 0 bridgehead atoms. The van der Waals surface area contributed by atoms with E-state index in [-0.39, 0.29) is 0 Å². The van der Waals surface area contributed by atoms with E-state index in [1.807, 2.05) is 0 Å². The Hall–Kier alpha value is -0.120. The van der Waals surface area contributed by atoms with Gasteiger partial charge in [0.15, 0.2) is 0 Å². The first-order chi connectivity index (χ1) is 9.63. The highest BCUT2D eigenvalue weighted by Gasteiger charge is 2.35. The lowest BCUT2D eigenvalue weighted by Gasteiger charge is -2.43. The summed E-state index contributed by atoms with van der Waals surface area (Å²) in [6, 6.07) is 0. The van der Waals surface area contributed by atoms with E-state index in [9.17, 15) is 0 Å². The molecule has 1 aliphatic carbocycles. The maximum Gasteiger partial charge on any atom is 0.0506 e. The van der Waals surface area contributed by atoms with Gasteiger partial charge in [-0.1, -0.05) is 19.8 Å². The van der Waals surface area contributed by atoms with Gasteiger partial charge >= 0.3 is 0 Å². The van der Waals surface area contributed by atoms with Crippen molar-refractivity contribution in [3.05, 3.63) is 0 Å². The summed E-state index contributed by atoms with van der Waals surface area (Å²) >= 11 is 0. The van der Waals surface area contributed by atoms with Gasteiger partial charge in [-0.05, 0) is 57.0 Å². The largest absolute Gasteiger partial charge is 0.381 e. The van der Waals surface area contributed by atoms with E-state index in [1.54, 1.807) is 0 Å². The first-order valence-corrected chi connectivity index (χ1v) is 8.54. The molecule has 1 N–H and O–H groups in total. The summed E-state index contributed by atoms with van der Waals surface area (Å²) < 4.78 is 5.62. The van der Waals surface area contributed by atoms with Crippen LogP contribution >= 0.6 is 0 Å². The standard InChI is InChI=1S/C17H34N2O/c1-15-6-4-8-17(10-15,13-18-2)14-19(3)11-16-7-5-9-20-12-16/h15-16,18H,4-14H2,1-3H3. The van der Waals surface area contributed by atoms with Gasteiger partial charge < -0.3 is 15.0 Å². The Labute approximate surface area is 125 Å². The lowest BCUT2D eigenvalue weighted by molar-refractivity contribution is 0.0283. The normalized spacial score (nSPS) is 35.4. The average Bonchev–Trinajstić information content (AvgIpc) is 2.39. The molecule has 0 spiro atoms. The molecule has 3 nitrogen and oxygen atoms in total. The Bertz CT molecular complexity index is 274. The molecule has 0 aromatic carbocycles. The van der Waals surface area contributed by atoms with Crippen molar-refractivity contribution in [2.45, 2.75) is 45.4 Å². The van der Waals surface area contributed by atoms with Crippen molar-refractivity contribution in [3.8, 4) is 0 Å². The van der Waals surface area contributed by atoms with E-state index < -0.39 is 0 Å². The first-order valence-electron chi connectivity index (χ1n) is 8.54. The predicted molar refractivity (Wildman–Crippen MR) is 85.0 cm³/mol. The fraction of sp³-hybridized carbons (Fsp3) is 1.00. The van der Waals surface area contributed by atoms with E-state index >= 15 is 0 Å². The topological polar surface area (TPSA) is 24.5 Å². The summed E-state index contributed by atoms with van der Waals surface area (Å²) in [6.45, 7) is 8.00. The molecule has 3 heteroatoms. The quantitative estimate of drug-likeness (QED) is 0.811. The van der Waals surface area contributed by atoms with Gasteiger partial charge in [-0.2, -0.15) is 0 Å². The molecule has 3 atom stereocenters. The van der Waals surface area contributed by atoms with Gasteiger partial charge in [0, 0.05) is 26.2 Å². The van der Waals surface area contributed by atoms with Gasteiger partial charge in [0.1, 0.15) is 0 Å². The summed E-state index contributed by atoms with van der Waals surface area (Å²) in [5.74, 6) is 1.64. The van der Waals surface area contributed by atoms with Crippen LogP contribution in [0.1, 0.15) is 45.4 Å². The molecule has 2 aliphatic rings. The number of hydrogen-bond donors (Lipinski definition) is 1. The summed E-state index contributed by atoms with van der Waals surface area (Å²) in [5.41, 5.74) is 0.497. The van der Waals surface area contributed by atoms with Crippen LogP contribution in [0.4, 0.5) is 0 Å². The van der Waals surface area contributed by atoms with Crippen molar-refractivity contribution in [2.75, 3.05) is 46.9 Å². The highest BCUT2D eigenvalue weighted by atomic mass is 16.5. The van der Waals surface area contributed by atoms with Crippen LogP contribution in [0.15, 0.2) is 0 Å². The van der Waals surface area contributed by atoms with Crippen molar-refractivity contribution in [3.63, 3.8) is 0 Å². The SMILES string of the molecule is CNCC1(CN(C)CC2CCCOC2)CCCC(C)C1. The molecule has 3 unspecified atom stereocenters. The molecule has 0 radical (unpaired) electrons. The third-order valence-corrected chi connectivity index (χ3v) is 5.17.